The van der Waals surface area contributed by atoms with Crippen LogP contribution in [0.25, 0.3) is 0 Å². The molecule has 2 rings (SSSR count). The summed E-state index contributed by atoms with van der Waals surface area (Å²) in [5.74, 6) is 0.215. The van der Waals surface area contributed by atoms with Crippen molar-refractivity contribution in [3.8, 4) is 0 Å². The minimum absolute atomic E-state index is 0.0643. The average Bonchev–Trinajstić information content (AvgIpc) is 2.53. The summed E-state index contributed by atoms with van der Waals surface area (Å²) in [5.41, 5.74) is 0. The van der Waals surface area contributed by atoms with Crippen LogP contribution in [0.2, 0.25) is 0 Å². The number of hydrogen-bond acceptors (Lipinski definition) is 4. The second-order valence-electron chi connectivity index (χ2n) is 4.72. The van der Waals surface area contributed by atoms with Crippen LogP contribution in [0.15, 0.2) is 0 Å². The molecule has 0 aromatic heterocycles. The van der Waals surface area contributed by atoms with E-state index in [1.807, 2.05) is 6.92 Å². The monoisotopic (exact) mass is 272 g/mol. The molecule has 2 aliphatic rings. The Morgan fingerprint density at radius 1 is 1.29 bits per heavy atom. The predicted molar refractivity (Wildman–Crippen MR) is 76.0 cm³/mol. The Morgan fingerprint density at radius 3 is 2.47 bits per heavy atom. The van der Waals surface area contributed by atoms with E-state index in [0.717, 1.165) is 23.8 Å². The molecule has 17 heavy (non-hydrogen) atoms. The van der Waals surface area contributed by atoms with Gasteiger partial charge in [-0.1, -0.05) is 43.7 Å². The highest BCUT2D eigenvalue weighted by molar-refractivity contribution is 8.24. The Bertz CT molecular complexity index is 301. The highest BCUT2D eigenvalue weighted by Crippen LogP contribution is 2.29. The number of carbonyl (C=O) groups excluding carboxylic acids is 1. The first-order valence-corrected chi connectivity index (χ1v) is 7.75. The highest BCUT2D eigenvalue weighted by atomic mass is 32.2. The zero-order valence-electron chi connectivity index (χ0n) is 10.4. The Balaban J connectivity index is 1.93. The van der Waals surface area contributed by atoms with E-state index < -0.39 is 0 Å². The van der Waals surface area contributed by atoms with Crippen LogP contribution >= 0.6 is 24.0 Å². The van der Waals surface area contributed by atoms with Gasteiger partial charge in [0.15, 0.2) is 0 Å². The van der Waals surface area contributed by atoms with Gasteiger partial charge in [-0.05, 0) is 32.4 Å². The largest absolute Gasteiger partial charge is 0.286 e. The minimum atomic E-state index is 0.0643. The normalized spacial score (nSPS) is 27.6. The number of thiocarbonyl (C=S) groups is 1. The zero-order chi connectivity index (χ0) is 12.3. The smallest absolute Gasteiger partial charge is 0.242 e. The lowest BCUT2D eigenvalue weighted by atomic mass is 10.2. The van der Waals surface area contributed by atoms with E-state index in [1.165, 1.54) is 25.7 Å². The first kappa shape index (κ1) is 13.3. The number of amides is 1. The van der Waals surface area contributed by atoms with Crippen LogP contribution in [0.1, 0.15) is 39.0 Å². The molecule has 96 valence electrons. The third kappa shape index (κ3) is 3.20. The lowest BCUT2D eigenvalue weighted by Crippen LogP contribution is -2.42. The maximum atomic E-state index is 12.1. The van der Waals surface area contributed by atoms with Crippen LogP contribution in [0.5, 0.6) is 0 Å². The maximum Gasteiger partial charge on any atom is 0.242 e. The van der Waals surface area contributed by atoms with Crippen LogP contribution in [0.4, 0.5) is 0 Å². The number of hydrogen-bond donors (Lipinski definition) is 0. The summed E-state index contributed by atoms with van der Waals surface area (Å²) in [4.78, 5) is 16.3. The van der Waals surface area contributed by atoms with Crippen molar-refractivity contribution in [1.29, 1.82) is 0 Å². The Morgan fingerprint density at radius 2 is 1.94 bits per heavy atom. The minimum Gasteiger partial charge on any atom is -0.286 e. The fraction of sp³-hybridized carbons (Fsp3) is 0.833. The summed E-state index contributed by atoms with van der Waals surface area (Å²) >= 11 is 6.86. The first-order chi connectivity index (χ1) is 8.22. The molecule has 0 bridgehead atoms. The summed E-state index contributed by atoms with van der Waals surface area (Å²) in [7, 11) is 0. The molecule has 1 atom stereocenters. The van der Waals surface area contributed by atoms with Gasteiger partial charge in [0.05, 0.1) is 11.9 Å². The molecule has 0 spiro atoms. The third-order valence-corrected chi connectivity index (χ3v) is 5.17. The van der Waals surface area contributed by atoms with E-state index >= 15 is 0 Å². The topological polar surface area (TPSA) is 23.6 Å². The molecule has 0 N–H and O–H groups in total. The lowest BCUT2D eigenvalue weighted by molar-refractivity contribution is -0.127. The van der Waals surface area contributed by atoms with Crippen LogP contribution in [0.3, 0.4) is 0 Å². The molecule has 0 aliphatic carbocycles. The lowest BCUT2D eigenvalue weighted by Gasteiger charge is -2.25. The maximum absolute atomic E-state index is 12.1. The van der Waals surface area contributed by atoms with Crippen molar-refractivity contribution < 1.29 is 4.79 Å². The number of rotatable bonds is 3. The van der Waals surface area contributed by atoms with Crippen molar-refractivity contribution >= 4 is 34.2 Å². The van der Waals surface area contributed by atoms with Crippen LogP contribution < -0.4 is 0 Å². The number of likely N-dealkylation sites (tertiary alicyclic amines) is 1. The van der Waals surface area contributed by atoms with Gasteiger partial charge < -0.3 is 0 Å². The van der Waals surface area contributed by atoms with Crippen molar-refractivity contribution in [2.45, 2.75) is 44.3 Å². The van der Waals surface area contributed by atoms with Crippen molar-refractivity contribution in [1.82, 2.24) is 9.80 Å². The zero-order valence-corrected chi connectivity index (χ0v) is 12.0. The summed E-state index contributed by atoms with van der Waals surface area (Å²) in [5, 5.41) is 0.0643. The molecule has 0 aromatic carbocycles. The van der Waals surface area contributed by atoms with Gasteiger partial charge >= 0.3 is 0 Å². The highest BCUT2D eigenvalue weighted by Gasteiger charge is 2.36. The molecule has 3 nitrogen and oxygen atoms in total. The molecule has 2 aliphatic heterocycles. The van der Waals surface area contributed by atoms with Crippen molar-refractivity contribution in [2.24, 2.45) is 0 Å². The quantitative estimate of drug-likeness (QED) is 0.736. The second kappa shape index (κ2) is 6.16. The van der Waals surface area contributed by atoms with E-state index in [9.17, 15) is 4.79 Å². The van der Waals surface area contributed by atoms with Gasteiger partial charge in [0, 0.05) is 0 Å². The van der Waals surface area contributed by atoms with Crippen LogP contribution in [-0.2, 0) is 4.79 Å². The standard InChI is InChI=1S/C12H20N2OS2/c1-2-10-11(15)14(12(16)17-10)9-13-7-5-3-4-6-8-13/h10H,2-9H2,1H3. The average molecular weight is 272 g/mol. The summed E-state index contributed by atoms with van der Waals surface area (Å²) < 4.78 is 0.770. The summed E-state index contributed by atoms with van der Waals surface area (Å²) in [6, 6.07) is 0. The molecule has 2 heterocycles. The van der Waals surface area contributed by atoms with Gasteiger partial charge in [0.1, 0.15) is 4.32 Å². The third-order valence-electron chi connectivity index (χ3n) is 3.42. The SMILES string of the molecule is CCC1SC(=S)N(CN2CCCCCC2)C1=O. The number of carbonyl (C=O) groups is 1. The molecule has 1 unspecified atom stereocenters. The van der Waals surface area contributed by atoms with Gasteiger partial charge in [-0.2, -0.15) is 0 Å². The van der Waals surface area contributed by atoms with E-state index in [0.29, 0.717) is 6.67 Å². The van der Waals surface area contributed by atoms with Gasteiger partial charge in [0.2, 0.25) is 5.91 Å². The van der Waals surface area contributed by atoms with E-state index in [-0.39, 0.29) is 11.2 Å². The molecule has 1 amide bonds. The molecule has 5 heteroatoms. The molecule has 0 aromatic rings. The number of nitrogens with zero attached hydrogens (tertiary/aromatic N) is 2. The fourth-order valence-electron chi connectivity index (χ4n) is 2.36. The van der Waals surface area contributed by atoms with E-state index in [1.54, 1.807) is 16.7 Å². The van der Waals surface area contributed by atoms with Gasteiger partial charge in [-0.15, -0.1) is 0 Å². The van der Waals surface area contributed by atoms with E-state index in [2.05, 4.69) is 4.90 Å². The Hall–Kier alpha value is -0.130. The van der Waals surface area contributed by atoms with Crippen molar-refractivity contribution in [2.75, 3.05) is 19.8 Å². The van der Waals surface area contributed by atoms with Crippen molar-refractivity contribution in [3.05, 3.63) is 0 Å². The molecule has 2 saturated heterocycles. The van der Waals surface area contributed by atoms with Crippen LogP contribution in [-0.4, -0.2) is 45.0 Å². The Labute approximate surface area is 113 Å². The molecule has 0 radical (unpaired) electrons. The number of thioether (sulfide) groups is 1. The molecule has 2 fully saturated rings. The summed E-state index contributed by atoms with van der Waals surface area (Å²) in [6.07, 6.45) is 6.01. The molecular weight excluding hydrogens is 252 g/mol. The fourth-order valence-corrected chi connectivity index (χ4v) is 3.77. The second-order valence-corrected chi connectivity index (χ2v) is 6.56. The van der Waals surface area contributed by atoms with Gasteiger partial charge in [-0.3, -0.25) is 14.6 Å². The Kier molecular flexibility index (Phi) is 4.82. The van der Waals surface area contributed by atoms with Gasteiger partial charge in [0.25, 0.3) is 0 Å². The van der Waals surface area contributed by atoms with Crippen LogP contribution in [0, 0.1) is 0 Å². The van der Waals surface area contributed by atoms with E-state index in [4.69, 9.17) is 12.2 Å². The molecular formula is C12H20N2OS2. The van der Waals surface area contributed by atoms with Gasteiger partial charge in [-0.25, -0.2) is 0 Å². The first-order valence-electron chi connectivity index (χ1n) is 6.46. The summed E-state index contributed by atoms with van der Waals surface area (Å²) in [6.45, 7) is 4.97. The van der Waals surface area contributed by atoms with Crippen molar-refractivity contribution in [3.63, 3.8) is 0 Å². The molecule has 0 saturated carbocycles. The predicted octanol–water partition coefficient (Wildman–Crippen LogP) is 2.46.